The summed E-state index contributed by atoms with van der Waals surface area (Å²) < 4.78 is 0. The minimum atomic E-state index is -0.220. The fraction of sp³-hybridized carbons (Fsp3) is 0. The van der Waals surface area contributed by atoms with E-state index in [2.05, 4.69) is 5.32 Å². The van der Waals surface area contributed by atoms with E-state index in [9.17, 15) is 9.59 Å². The van der Waals surface area contributed by atoms with Crippen molar-refractivity contribution in [2.24, 2.45) is 0 Å². The van der Waals surface area contributed by atoms with Crippen molar-refractivity contribution >= 4 is 17.4 Å². The Bertz CT molecular complexity index is 929. The molecule has 0 spiro atoms. The van der Waals surface area contributed by atoms with Crippen molar-refractivity contribution in [1.29, 1.82) is 0 Å². The van der Waals surface area contributed by atoms with E-state index >= 15 is 0 Å². The van der Waals surface area contributed by atoms with Gasteiger partial charge in [0.05, 0.1) is 11.3 Å². The van der Waals surface area contributed by atoms with Gasteiger partial charge in [-0.3, -0.25) is 9.59 Å². The van der Waals surface area contributed by atoms with Gasteiger partial charge in [-0.25, -0.2) is 0 Å². The third-order valence-electron chi connectivity index (χ3n) is 4.04. The molecule has 1 aliphatic carbocycles. The van der Waals surface area contributed by atoms with Gasteiger partial charge in [0.2, 0.25) is 0 Å². The first-order chi connectivity index (χ1) is 11.3. The number of amides is 1. The Kier molecular flexibility index (Phi) is 3.05. The molecule has 23 heavy (non-hydrogen) atoms. The van der Waals surface area contributed by atoms with Crippen molar-refractivity contribution in [3.8, 4) is 11.1 Å². The quantitative estimate of drug-likeness (QED) is 0.604. The van der Waals surface area contributed by atoms with Crippen LogP contribution in [0.25, 0.3) is 11.1 Å². The highest BCUT2D eigenvalue weighted by molar-refractivity contribution is 6.25. The second kappa shape index (κ2) is 5.21. The van der Waals surface area contributed by atoms with Crippen LogP contribution >= 0.6 is 0 Å². The zero-order valence-electron chi connectivity index (χ0n) is 12.2. The molecule has 1 aliphatic rings. The van der Waals surface area contributed by atoms with E-state index in [1.807, 2.05) is 54.6 Å². The number of carbonyl (C=O) groups excluding carboxylic acids is 2. The van der Waals surface area contributed by atoms with Crippen molar-refractivity contribution in [3.05, 3.63) is 89.5 Å². The Hall–Kier alpha value is -3.20. The number of nitrogens with one attached hydrogen (secondary N) is 1. The highest BCUT2D eigenvalue weighted by Gasteiger charge is 2.29. The van der Waals surface area contributed by atoms with Crippen LogP contribution in [0.2, 0.25) is 0 Å². The summed E-state index contributed by atoms with van der Waals surface area (Å²) in [5.41, 5.74) is 4.16. The van der Waals surface area contributed by atoms with Gasteiger partial charge in [-0.15, -0.1) is 0 Å². The van der Waals surface area contributed by atoms with Crippen LogP contribution in [-0.4, -0.2) is 11.7 Å². The Morgan fingerprint density at radius 1 is 0.696 bits per heavy atom. The molecular weight excluding hydrogens is 286 g/mol. The van der Waals surface area contributed by atoms with E-state index in [4.69, 9.17) is 0 Å². The third kappa shape index (κ3) is 2.14. The van der Waals surface area contributed by atoms with Crippen LogP contribution in [0.5, 0.6) is 0 Å². The fourth-order valence-electron chi connectivity index (χ4n) is 2.96. The van der Waals surface area contributed by atoms with Crippen LogP contribution in [0.4, 0.5) is 5.69 Å². The van der Waals surface area contributed by atoms with E-state index in [1.165, 1.54) is 0 Å². The Balaban J connectivity index is 1.76. The predicted molar refractivity (Wildman–Crippen MR) is 89.7 cm³/mol. The van der Waals surface area contributed by atoms with Gasteiger partial charge in [-0.05, 0) is 29.3 Å². The minimum Gasteiger partial charge on any atom is -0.321 e. The van der Waals surface area contributed by atoms with Crippen molar-refractivity contribution < 1.29 is 9.59 Å². The van der Waals surface area contributed by atoms with Gasteiger partial charge in [0.15, 0.2) is 5.78 Å². The van der Waals surface area contributed by atoms with Gasteiger partial charge in [0.1, 0.15) is 0 Å². The molecule has 3 aromatic rings. The van der Waals surface area contributed by atoms with Gasteiger partial charge >= 0.3 is 0 Å². The van der Waals surface area contributed by atoms with Crippen LogP contribution in [0.1, 0.15) is 26.3 Å². The van der Waals surface area contributed by atoms with Crippen molar-refractivity contribution in [1.82, 2.24) is 0 Å². The molecule has 1 amide bonds. The first kappa shape index (κ1) is 13.5. The SMILES string of the molecule is O=C(Nc1cccc2c1C(=O)c1ccccc1-2)c1ccccc1. The van der Waals surface area contributed by atoms with Crippen LogP contribution in [0.3, 0.4) is 0 Å². The largest absolute Gasteiger partial charge is 0.321 e. The van der Waals surface area contributed by atoms with Gasteiger partial charge in [-0.2, -0.15) is 0 Å². The summed E-state index contributed by atoms with van der Waals surface area (Å²) in [6.45, 7) is 0. The highest BCUT2D eigenvalue weighted by Crippen LogP contribution is 2.40. The maximum absolute atomic E-state index is 12.7. The van der Waals surface area contributed by atoms with Crippen LogP contribution in [0.15, 0.2) is 72.8 Å². The highest BCUT2D eigenvalue weighted by atomic mass is 16.1. The smallest absolute Gasteiger partial charge is 0.255 e. The lowest BCUT2D eigenvalue weighted by atomic mass is 10.0. The standard InChI is InChI=1S/C20H13NO2/c22-19-16-10-5-4-9-14(16)15-11-6-12-17(18(15)19)21-20(23)13-7-2-1-3-8-13/h1-12H,(H,21,23). The van der Waals surface area contributed by atoms with E-state index in [-0.39, 0.29) is 11.7 Å². The normalized spacial score (nSPS) is 11.7. The first-order valence-corrected chi connectivity index (χ1v) is 7.39. The molecule has 0 aromatic heterocycles. The third-order valence-corrected chi connectivity index (χ3v) is 4.04. The van der Waals surface area contributed by atoms with E-state index in [1.54, 1.807) is 18.2 Å². The number of carbonyl (C=O) groups is 2. The van der Waals surface area contributed by atoms with Gasteiger partial charge < -0.3 is 5.32 Å². The molecule has 0 aliphatic heterocycles. The molecule has 0 fully saturated rings. The Morgan fingerprint density at radius 3 is 2.13 bits per heavy atom. The number of hydrogen-bond donors (Lipinski definition) is 1. The van der Waals surface area contributed by atoms with Crippen molar-refractivity contribution in [2.75, 3.05) is 5.32 Å². The molecule has 3 heteroatoms. The summed E-state index contributed by atoms with van der Waals surface area (Å²) in [5, 5.41) is 2.86. The van der Waals surface area contributed by atoms with E-state index in [0.29, 0.717) is 22.4 Å². The maximum Gasteiger partial charge on any atom is 0.255 e. The van der Waals surface area contributed by atoms with E-state index < -0.39 is 0 Å². The molecular formula is C20H13NO2. The summed E-state index contributed by atoms with van der Waals surface area (Å²) in [7, 11) is 0. The fourth-order valence-corrected chi connectivity index (χ4v) is 2.96. The lowest BCUT2D eigenvalue weighted by Crippen LogP contribution is -2.14. The number of fused-ring (bicyclic) bond motifs is 3. The number of ketones is 1. The topological polar surface area (TPSA) is 46.2 Å². The monoisotopic (exact) mass is 299 g/mol. The van der Waals surface area contributed by atoms with Gasteiger partial charge in [0, 0.05) is 11.1 Å². The number of hydrogen-bond acceptors (Lipinski definition) is 2. The van der Waals surface area contributed by atoms with Crippen molar-refractivity contribution in [2.45, 2.75) is 0 Å². The molecule has 0 saturated carbocycles. The lowest BCUT2D eigenvalue weighted by molar-refractivity contribution is 0.102. The molecule has 0 heterocycles. The molecule has 0 unspecified atom stereocenters. The summed E-state index contributed by atoms with van der Waals surface area (Å²) >= 11 is 0. The zero-order valence-corrected chi connectivity index (χ0v) is 12.2. The summed E-state index contributed by atoms with van der Waals surface area (Å²) in [6, 6.07) is 22.0. The molecule has 4 rings (SSSR count). The average molecular weight is 299 g/mol. The molecule has 0 saturated heterocycles. The van der Waals surface area contributed by atoms with Gasteiger partial charge in [0.25, 0.3) is 5.91 Å². The molecule has 0 radical (unpaired) electrons. The van der Waals surface area contributed by atoms with Crippen LogP contribution in [-0.2, 0) is 0 Å². The number of rotatable bonds is 2. The van der Waals surface area contributed by atoms with Crippen LogP contribution < -0.4 is 5.32 Å². The maximum atomic E-state index is 12.7. The van der Waals surface area contributed by atoms with Crippen molar-refractivity contribution in [3.63, 3.8) is 0 Å². The van der Waals surface area contributed by atoms with E-state index in [0.717, 1.165) is 11.1 Å². The summed E-state index contributed by atoms with van der Waals surface area (Å²) in [6.07, 6.45) is 0. The molecule has 3 nitrogen and oxygen atoms in total. The Morgan fingerprint density at radius 2 is 1.35 bits per heavy atom. The Labute approximate surface area is 133 Å². The first-order valence-electron chi connectivity index (χ1n) is 7.39. The molecule has 0 atom stereocenters. The summed E-state index contributed by atoms with van der Waals surface area (Å²) in [5.74, 6) is -0.262. The predicted octanol–water partition coefficient (Wildman–Crippen LogP) is 4.15. The second-order valence-electron chi connectivity index (χ2n) is 5.42. The summed E-state index contributed by atoms with van der Waals surface area (Å²) in [4.78, 5) is 25.0. The second-order valence-corrected chi connectivity index (χ2v) is 5.42. The van der Waals surface area contributed by atoms with Gasteiger partial charge in [-0.1, -0.05) is 54.6 Å². The number of benzene rings is 3. The van der Waals surface area contributed by atoms with Crippen LogP contribution in [0, 0.1) is 0 Å². The number of anilines is 1. The molecule has 0 bridgehead atoms. The lowest BCUT2D eigenvalue weighted by Gasteiger charge is -2.09. The average Bonchev–Trinajstić information content (AvgIpc) is 2.90. The molecule has 3 aromatic carbocycles. The minimum absolute atomic E-state index is 0.0421. The molecule has 110 valence electrons. The molecule has 1 N–H and O–H groups in total. The zero-order chi connectivity index (χ0) is 15.8.